The summed E-state index contributed by atoms with van der Waals surface area (Å²) in [6, 6.07) is 0. The summed E-state index contributed by atoms with van der Waals surface area (Å²) in [4.78, 5) is 0. The third-order valence-corrected chi connectivity index (χ3v) is 5.19. The number of hydrogen-bond donors (Lipinski definition) is 0. The summed E-state index contributed by atoms with van der Waals surface area (Å²) >= 11 is 0. The van der Waals surface area contributed by atoms with Gasteiger partial charge in [0.2, 0.25) is 0 Å². The van der Waals surface area contributed by atoms with Crippen LogP contribution in [0.2, 0.25) is 0 Å². The average molecular weight is 341 g/mol. The first-order valence-electron chi connectivity index (χ1n) is 11.2. The molecule has 0 aliphatic carbocycles. The zero-order valence-electron chi connectivity index (χ0n) is 16.5. The van der Waals surface area contributed by atoms with E-state index in [1.165, 1.54) is 109 Å². The maximum Gasteiger partial charge on any atom is 0.157 e. The molecule has 1 unspecified atom stereocenters. The molecule has 0 bridgehead atoms. The second-order valence-electron chi connectivity index (χ2n) is 7.62. The predicted molar refractivity (Wildman–Crippen MR) is 104 cm³/mol. The molecule has 1 rings (SSSR count). The van der Waals surface area contributed by atoms with Gasteiger partial charge in [-0.1, -0.05) is 96.8 Å². The highest BCUT2D eigenvalue weighted by Gasteiger charge is 2.13. The van der Waals surface area contributed by atoms with Gasteiger partial charge in [-0.3, -0.25) is 0 Å². The Balaban J connectivity index is 1.66. The molecule has 0 aromatic carbocycles. The molecule has 144 valence electrons. The lowest BCUT2D eigenvalue weighted by Crippen LogP contribution is -2.22. The molecule has 1 aliphatic heterocycles. The van der Waals surface area contributed by atoms with Gasteiger partial charge in [-0.05, 0) is 25.7 Å². The molecule has 0 radical (unpaired) electrons. The van der Waals surface area contributed by atoms with Gasteiger partial charge in [0.25, 0.3) is 0 Å². The molecule has 0 saturated carbocycles. The Labute approximate surface area is 152 Å². The Bertz CT molecular complexity index is 236. The number of ether oxygens (including phenoxy) is 2. The molecule has 1 fully saturated rings. The summed E-state index contributed by atoms with van der Waals surface area (Å²) < 4.78 is 11.4. The van der Waals surface area contributed by atoms with Crippen molar-refractivity contribution in [1.29, 1.82) is 0 Å². The lowest BCUT2D eigenvalue weighted by Gasteiger charge is -2.22. The van der Waals surface area contributed by atoms with Crippen LogP contribution in [0, 0.1) is 0 Å². The summed E-state index contributed by atoms with van der Waals surface area (Å²) in [6.07, 6.45) is 24.9. The first-order chi connectivity index (χ1) is 11.9. The van der Waals surface area contributed by atoms with E-state index in [-0.39, 0.29) is 6.29 Å². The van der Waals surface area contributed by atoms with Crippen LogP contribution in [0.25, 0.3) is 0 Å². The van der Waals surface area contributed by atoms with Crippen LogP contribution >= 0.6 is 0 Å². The summed E-state index contributed by atoms with van der Waals surface area (Å²) in [5.74, 6) is 0. The van der Waals surface area contributed by atoms with Gasteiger partial charge in [0.15, 0.2) is 6.29 Å². The van der Waals surface area contributed by atoms with E-state index in [9.17, 15) is 0 Å². The fourth-order valence-electron chi connectivity index (χ4n) is 3.53. The standard InChI is InChI=1S/C22H44O2/c1-2-3-4-5-6-7-8-9-10-11-12-13-14-15-17-20-23-22-19-16-18-21-24-22/h22H,2-21H2,1H3. The van der Waals surface area contributed by atoms with Crippen molar-refractivity contribution in [3.8, 4) is 0 Å². The predicted octanol–water partition coefficient (Wildman–Crippen LogP) is 7.40. The van der Waals surface area contributed by atoms with E-state index < -0.39 is 0 Å². The van der Waals surface area contributed by atoms with Crippen molar-refractivity contribution in [1.82, 2.24) is 0 Å². The van der Waals surface area contributed by atoms with Crippen LogP contribution in [0.15, 0.2) is 0 Å². The fraction of sp³-hybridized carbons (Fsp3) is 1.00. The number of unbranched alkanes of at least 4 members (excludes halogenated alkanes) is 14. The van der Waals surface area contributed by atoms with Crippen molar-refractivity contribution in [3.05, 3.63) is 0 Å². The monoisotopic (exact) mass is 340 g/mol. The summed E-state index contributed by atoms with van der Waals surface area (Å²) in [7, 11) is 0. The second kappa shape index (κ2) is 17.7. The van der Waals surface area contributed by atoms with Gasteiger partial charge < -0.3 is 9.47 Å². The average Bonchev–Trinajstić information content (AvgIpc) is 2.62. The topological polar surface area (TPSA) is 18.5 Å². The lowest BCUT2D eigenvalue weighted by atomic mass is 10.0. The normalized spacial score (nSPS) is 18.1. The van der Waals surface area contributed by atoms with Crippen LogP contribution in [0.1, 0.15) is 122 Å². The van der Waals surface area contributed by atoms with Crippen molar-refractivity contribution in [2.75, 3.05) is 13.2 Å². The lowest BCUT2D eigenvalue weighted by molar-refractivity contribution is -0.162. The molecule has 24 heavy (non-hydrogen) atoms. The molecule has 1 aliphatic rings. The van der Waals surface area contributed by atoms with Crippen LogP contribution in [-0.2, 0) is 9.47 Å². The van der Waals surface area contributed by atoms with E-state index in [0.29, 0.717) is 0 Å². The highest BCUT2D eigenvalue weighted by atomic mass is 16.7. The van der Waals surface area contributed by atoms with Crippen LogP contribution in [0.4, 0.5) is 0 Å². The Morgan fingerprint density at radius 2 is 1.17 bits per heavy atom. The van der Waals surface area contributed by atoms with E-state index >= 15 is 0 Å². The molecule has 2 nitrogen and oxygen atoms in total. The molecule has 1 heterocycles. The summed E-state index contributed by atoms with van der Waals surface area (Å²) in [6.45, 7) is 4.08. The van der Waals surface area contributed by atoms with Gasteiger partial charge in [-0.25, -0.2) is 0 Å². The van der Waals surface area contributed by atoms with E-state index in [1.54, 1.807) is 0 Å². The molecular weight excluding hydrogens is 296 g/mol. The van der Waals surface area contributed by atoms with Crippen molar-refractivity contribution < 1.29 is 9.47 Å². The molecule has 0 aromatic rings. The van der Waals surface area contributed by atoms with Crippen LogP contribution in [0.3, 0.4) is 0 Å². The Hall–Kier alpha value is -0.0800. The van der Waals surface area contributed by atoms with Crippen molar-refractivity contribution in [2.45, 2.75) is 129 Å². The van der Waals surface area contributed by atoms with Gasteiger partial charge in [-0.15, -0.1) is 0 Å². The number of rotatable bonds is 17. The largest absolute Gasteiger partial charge is 0.353 e. The Kier molecular flexibility index (Phi) is 16.2. The molecule has 0 N–H and O–H groups in total. The highest BCUT2D eigenvalue weighted by molar-refractivity contribution is 4.54. The van der Waals surface area contributed by atoms with Crippen LogP contribution in [-0.4, -0.2) is 19.5 Å². The van der Waals surface area contributed by atoms with Gasteiger partial charge >= 0.3 is 0 Å². The molecule has 2 heteroatoms. The zero-order chi connectivity index (χ0) is 17.1. The van der Waals surface area contributed by atoms with Gasteiger partial charge in [0, 0.05) is 13.2 Å². The third kappa shape index (κ3) is 14.3. The zero-order valence-corrected chi connectivity index (χ0v) is 16.5. The minimum absolute atomic E-state index is 0.102. The molecular formula is C22H44O2. The van der Waals surface area contributed by atoms with Crippen molar-refractivity contribution in [3.63, 3.8) is 0 Å². The van der Waals surface area contributed by atoms with E-state index in [1.807, 2.05) is 0 Å². The van der Waals surface area contributed by atoms with Crippen molar-refractivity contribution >= 4 is 0 Å². The fourth-order valence-corrected chi connectivity index (χ4v) is 3.53. The van der Waals surface area contributed by atoms with Gasteiger partial charge in [0.05, 0.1) is 0 Å². The van der Waals surface area contributed by atoms with E-state index in [0.717, 1.165) is 19.6 Å². The van der Waals surface area contributed by atoms with Crippen LogP contribution < -0.4 is 0 Å². The Morgan fingerprint density at radius 3 is 1.62 bits per heavy atom. The molecule has 1 atom stereocenters. The maximum absolute atomic E-state index is 5.77. The van der Waals surface area contributed by atoms with E-state index in [4.69, 9.17) is 9.47 Å². The smallest absolute Gasteiger partial charge is 0.157 e. The quantitative estimate of drug-likeness (QED) is 0.257. The van der Waals surface area contributed by atoms with Crippen LogP contribution in [0.5, 0.6) is 0 Å². The Morgan fingerprint density at radius 1 is 0.667 bits per heavy atom. The third-order valence-electron chi connectivity index (χ3n) is 5.19. The highest BCUT2D eigenvalue weighted by Crippen LogP contribution is 2.15. The summed E-state index contributed by atoms with van der Waals surface area (Å²) in [5, 5.41) is 0. The molecule has 0 spiro atoms. The maximum atomic E-state index is 5.77. The first kappa shape index (κ1) is 22.0. The SMILES string of the molecule is CCCCCCCCCCCCCCCCCOC1CCCCO1. The minimum atomic E-state index is 0.102. The molecule has 1 saturated heterocycles. The van der Waals surface area contributed by atoms with Gasteiger partial charge in [0.1, 0.15) is 0 Å². The molecule has 0 aromatic heterocycles. The summed E-state index contributed by atoms with van der Waals surface area (Å²) in [5.41, 5.74) is 0. The molecule has 0 amide bonds. The van der Waals surface area contributed by atoms with Crippen molar-refractivity contribution in [2.24, 2.45) is 0 Å². The first-order valence-corrected chi connectivity index (χ1v) is 11.2. The second-order valence-corrected chi connectivity index (χ2v) is 7.62. The minimum Gasteiger partial charge on any atom is -0.353 e. The van der Waals surface area contributed by atoms with Gasteiger partial charge in [-0.2, -0.15) is 0 Å². The van der Waals surface area contributed by atoms with E-state index in [2.05, 4.69) is 6.92 Å². The number of hydrogen-bond acceptors (Lipinski definition) is 2.